The largest absolute Gasteiger partial charge is 0.490 e. The number of aliphatic hydroxyl groups excluding tert-OH is 1. The molecule has 1 saturated heterocycles. The summed E-state index contributed by atoms with van der Waals surface area (Å²) in [5.74, 6) is 0.809. The highest BCUT2D eigenvalue weighted by molar-refractivity contribution is 5.80. The topological polar surface area (TPSA) is 53.0 Å². The van der Waals surface area contributed by atoms with Gasteiger partial charge in [0, 0.05) is 32.7 Å². The summed E-state index contributed by atoms with van der Waals surface area (Å²) in [5, 5.41) is 9.40. The van der Waals surface area contributed by atoms with E-state index >= 15 is 0 Å². The number of amides is 1. The van der Waals surface area contributed by atoms with E-state index in [0.29, 0.717) is 19.2 Å². The lowest BCUT2D eigenvalue weighted by Gasteiger charge is -2.35. The fraction of sp³-hybridized carbons (Fsp3) is 0.632. The average Bonchev–Trinajstić information content (AvgIpc) is 3.08. The van der Waals surface area contributed by atoms with Gasteiger partial charge in [0.15, 0.2) is 0 Å². The highest BCUT2D eigenvalue weighted by Gasteiger charge is 2.23. The van der Waals surface area contributed by atoms with E-state index in [9.17, 15) is 9.90 Å². The second-order valence-corrected chi connectivity index (χ2v) is 6.95. The summed E-state index contributed by atoms with van der Waals surface area (Å²) < 4.78 is 6.08. The minimum Gasteiger partial charge on any atom is -0.490 e. The lowest BCUT2D eigenvalue weighted by molar-refractivity contribution is -0.141. The van der Waals surface area contributed by atoms with Crippen LogP contribution in [0.2, 0.25) is 0 Å². The van der Waals surface area contributed by atoms with Crippen molar-refractivity contribution in [1.82, 2.24) is 9.80 Å². The van der Waals surface area contributed by atoms with Crippen molar-refractivity contribution in [2.24, 2.45) is 0 Å². The minimum atomic E-state index is -0.902. The van der Waals surface area contributed by atoms with Crippen LogP contribution in [0, 0.1) is 0 Å². The highest BCUT2D eigenvalue weighted by atomic mass is 16.5. The highest BCUT2D eigenvalue weighted by Crippen LogP contribution is 2.25. The molecule has 2 fully saturated rings. The van der Waals surface area contributed by atoms with E-state index in [1.165, 1.54) is 38.2 Å². The van der Waals surface area contributed by atoms with Gasteiger partial charge in [0.05, 0.1) is 6.10 Å². The molecule has 1 heterocycles. The molecule has 0 aromatic heterocycles. The second kappa shape index (κ2) is 7.99. The number of nitrogens with zero attached hydrogens (tertiary/aromatic N) is 2. The summed E-state index contributed by atoms with van der Waals surface area (Å²) in [6.07, 6.45) is 4.38. The van der Waals surface area contributed by atoms with Crippen molar-refractivity contribution in [1.29, 1.82) is 0 Å². The van der Waals surface area contributed by atoms with Crippen LogP contribution < -0.4 is 4.74 Å². The molecule has 2 aliphatic rings. The van der Waals surface area contributed by atoms with Crippen molar-refractivity contribution in [3.63, 3.8) is 0 Å². The predicted octanol–water partition coefficient (Wildman–Crippen LogP) is 2.03. The van der Waals surface area contributed by atoms with E-state index in [0.717, 1.165) is 25.4 Å². The molecule has 1 N–H and O–H groups in total. The lowest BCUT2D eigenvalue weighted by atomic mass is 10.1. The summed E-state index contributed by atoms with van der Waals surface area (Å²) in [6, 6.07) is 8.38. The van der Waals surface area contributed by atoms with Gasteiger partial charge in [0.25, 0.3) is 5.91 Å². The standard InChI is InChI=1S/C19H28N2O3/c1-15(22)19(23)21-11-9-20(10-12-21)14-16-5-4-8-18(13-16)24-17-6-2-3-7-17/h4-5,8,13,15,17,22H,2-3,6-7,9-12,14H2,1H3. The van der Waals surface area contributed by atoms with E-state index in [1.54, 1.807) is 4.90 Å². The molecule has 1 aliphatic heterocycles. The van der Waals surface area contributed by atoms with Crippen LogP contribution in [-0.2, 0) is 11.3 Å². The molecule has 1 saturated carbocycles. The molecule has 5 nitrogen and oxygen atoms in total. The van der Waals surface area contributed by atoms with Crippen molar-refractivity contribution in [3.05, 3.63) is 29.8 Å². The van der Waals surface area contributed by atoms with Crippen LogP contribution in [0.15, 0.2) is 24.3 Å². The third-order valence-electron chi connectivity index (χ3n) is 4.95. The van der Waals surface area contributed by atoms with Gasteiger partial charge in [0.1, 0.15) is 11.9 Å². The number of carbonyl (C=O) groups excluding carboxylic acids is 1. The lowest BCUT2D eigenvalue weighted by Crippen LogP contribution is -2.50. The molecular formula is C19H28N2O3. The van der Waals surface area contributed by atoms with Gasteiger partial charge in [-0.25, -0.2) is 0 Å². The molecule has 24 heavy (non-hydrogen) atoms. The van der Waals surface area contributed by atoms with Crippen molar-refractivity contribution >= 4 is 5.91 Å². The van der Waals surface area contributed by atoms with Crippen LogP contribution >= 0.6 is 0 Å². The average molecular weight is 332 g/mol. The minimum absolute atomic E-state index is 0.165. The quantitative estimate of drug-likeness (QED) is 0.896. The summed E-state index contributed by atoms with van der Waals surface area (Å²) in [7, 11) is 0. The molecule has 1 aliphatic carbocycles. The number of ether oxygens (including phenoxy) is 1. The van der Waals surface area contributed by atoms with E-state index in [1.807, 2.05) is 6.07 Å². The van der Waals surface area contributed by atoms with Crippen molar-refractivity contribution in [2.75, 3.05) is 26.2 Å². The first-order chi connectivity index (χ1) is 11.6. The Balaban J connectivity index is 1.50. The number of rotatable bonds is 5. The van der Waals surface area contributed by atoms with Gasteiger partial charge in [-0.05, 0) is 50.3 Å². The Labute approximate surface area is 144 Å². The van der Waals surface area contributed by atoms with Crippen LogP contribution in [0.1, 0.15) is 38.2 Å². The number of carbonyl (C=O) groups is 1. The molecule has 1 atom stereocenters. The van der Waals surface area contributed by atoms with E-state index in [2.05, 4.69) is 23.1 Å². The molecule has 1 aromatic carbocycles. The third kappa shape index (κ3) is 4.48. The Morgan fingerprint density at radius 3 is 2.62 bits per heavy atom. The van der Waals surface area contributed by atoms with Crippen molar-refractivity contribution in [2.45, 2.75) is 51.4 Å². The molecular weight excluding hydrogens is 304 g/mol. The first-order valence-corrected chi connectivity index (χ1v) is 9.06. The summed E-state index contributed by atoms with van der Waals surface area (Å²) in [5.41, 5.74) is 1.25. The van der Waals surface area contributed by atoms with Gasteiger partial charge < -0.3 is 14.7 Å². The Bertz CT molecular complexity index is 547. The fourth-order valence-corrected chi connectivity index (χ4v) is 3.56. The number of hydrogen-bond acceptors (Lipinski definition) is 4. The van der Waals surface area contributed by atoms with Gasteiger partial charge in [-0.1, -0.05) is 12.1 Å². The zero-order valence-corrected chi connectivity index (χ0v) is 14.5. The number of benzene rings is 1. The molecule has 1 aromatic rings. The Morgan fingerprint density at radius 1 is 1.25 bits per heavy atom. The van der Waals surface area contributed by atoms with Gasteiger partial charge in [-0.2, -0.15) is 0 Å². The fourth-order valence-electron chi connectivity index (χ4n) is 3.56. The normalized spacial score (nSPS) is 21.0. The predicted molar refractivity (Wildman–Crippen MR) is 92.9 cm³/mol. The first-order valence-electron chi connectivity index (χ1n) is 9.06. The van der Waals surface area contributed by atoms with Crippen molar-refractivity contribution in [3.8, 4) is 5.75 Å². The molecule has 0 bridgehead atoms. The zero-order valence-electron chi connectivity index (χ0n) is 14.5. The molecule has 3 rings (SSSR count). The van der Waals surface area contributed by atoms with E-state index in [-0.39, 0.29) is 5.91 Å². The van der Waals surface area contributed by atoms with Crippen LogP contribution in [0.25, 0.3) is 0 Å². The van der Waals surface area contributed by atoms with Gasteiger partial charge in [0.2, 0.25) is 0 Å². The third-order valence-corrected chi connectivity index (χ3v) is 4.95. The summed E-state index contributed by atoms with van der Waals surface area (Å²) in [6.45, 7) is 5.45. The van der Waals surface area contributed by atoms with Crippen LogP contribution in [0.3, 0.4) is 0 Å². The Kier molecular flexibility index (Phi) is 5.74. The molecule has 0 radical (unpaired) electrons. The van der Waals surface area contributed by atoms with Crippen LogP contribution in [0.4, 0.5) is 0 Å². The second-order valence-electron chi connectivity index (χ2n) is 6.95. The van der Waals surface area contributed by atoms with Gasteiger partial charge in [-0.15, -0.1) is 0 Å². The molecule has 1 amide bonds. The summed E-state index contributed by atoms with van der Waals surface area (Å²) in [4.78, 5) is 15.9. The monoisotopic (exact) mass is 332 g/mol. The smallest absolute Gasteiger partial charge is 0.251 e. The number of hydrogen-bond donors (Lipinski definition) is 1. The Morgan fingerprint density at radius 2 is 1.96 bits per heavy atom. The maximum absolute atomic E-state index is 11.8. The number of aliphatic hydroxyl groups is 1. The van der Waals surface area contributed by atoms with Gasteiger partial charge >= 0.3 is 0 Å². The van der Waals surface area contributed by atoms with Gasteiger partial charge in [-0.3, -0.25) is 9.69 Å². The molecule has 5 heteroatoms. The van der Waals surface area contributed by atoms with E-state index in [4.69, 9.17) is 4.74 Å². The maximum atomic E-state index is 11.8. The molecule has 0 spiro atoms. The molecule has 1 unspecified atom stereocenters. The summed E-state index contributed by atoms with van der Waals surface area (Å²) >= 11 is 0. The first kappa shape index (κ1) is 17.2. The molecule has 132 valence electrons. The van der Waals surface area contributed by atoms with E-state index < -0.39 is 6.10 Å². The zero-order chi connectivity index (χ0) is 16.9. The van der Waals surface area contributed by atoms with Crippen LogP contribution in [0.5, 0.6) is 5.75 Å². The Hall–Kier alpha value is -1.59. The van der Waals surface area contributed by atoms with Crippen LogP contribution in [-0.4, -0.2) is 59.2 Å². The number of piperazine rings is 1. The maximum Gasteiger partial charge on any atom is 0.251 e. The van der Waals surface area contributed by atoms with Crippen molar-refractivity contribution < 1.29 is 14.6 Å². The SMILES string of the molecule is CC(O)C(=O)N1CCN(Cc2cccc(OC3CCCC3)c2)CC1.